The third kappa shape index (κ3) is 4.44. The summed E-state index contributed by atoms with van der Waals surface area (Å²) in [6, 6.07) is 5.99. The second-order valence-electron chi connectivity index (χ2n) is 5.53. The van der Waals surface area contributed by atoms with Gasteiger partial charge in [-0.15, -0.1) is 11.3 Å². The van der Waals surface area contributed by atoms with Gasteiger partial charge in [0.15, 0.2) is 9.84 Å². The Hall–Kier alpha value is -2.92. The van der Waals surface area contributed by atoms with Crippen LogP contribution in [0.2, 0.25) is 0 Å². The molecule has 0 atom stereocenters. The van der Waals surface area contributed by atoms with Crippen molar-refractivity contribution in [1.82, 2.24) is 9.78 Å². The molecule has 11 heteroatoms. The fraction of sp³-hybridized carbons (Fsp3) is 0.188. The van der Waals surface area contributed by atoms with E-state index in [1.165, 1.54) is 36.2 Å². The van der Waals surface area contributed by atoms with Gasteiger partial charge < -0.3 is 14.5 Å². The number of hydrogen-bond donors (Lipinski definition) is 1. The summed E-state index contributed by atoms with van der Waals surface area (Å²) in [5, 5.41) is 6.76. The van der Waals surface area contributed by atoms with Crippen LogP contribution < -0.4 is 5.32 Å². The first kappa shape index (κ1) is 18.9. The van der Waals surface area contributed by atoms with E-state index in [9.17, 15) is 18.0 Å². The number of rotatable bonds is 6. The SMILES string of the molecule is COC(=O)c1ccc(Cn2cc(NC(=O)c3ccc(S(C)(=O)=O)s3)cn2)o1. The number of amides is 1. The van der Waals surface area contributed by atoms with E-state index in [0.717, 1.165) is 17.6 Å². The summed E-state index contributed by atoms with van der Waals surface area (Å²) in [4.78, 5) is 23.9. The summed E-state index contributed by atoms with van der Waals surface area (Å²) < 4.78 is 34.6. The van der Waals surface area contributed by atoms with Crippen LogP contribution >= 0.6 is 11.3 Å². The van der Waals surface area contributed by atoms with Crippen molar-refractivity contribution in [2.75, 3.05) is 18.7 Å². The Labute approximate surface area is 158 Å². The molecule has 0 radical (unpaired) electrons. The molecule has 1 N–H and O–H groups in total. The lowest BCUT2D eigenvalue weighted by Gasteiger charge is -2.00. The largest absolute Gasteiger partial charge is 0.463 e. The first-order valence-corrected chi connectivity index (χ1v) is 10.3. The average Bonchev–Trinajstić information content (AvgIpc) is 3.34. The van der Waals surface area contributed by atoms with Crippen LogP contribution in [0, 0.1) is 0 Å². The number of nitrogens with one attached hydrogen (secondary N) is 1. The zero-order valence-corrected chi connectivity index (χ0v) is 16.0. The van der Waals surface area contributed by atoms with Crippen LogP contribution in [0.4, 0.5) is 5.69 Å². The normalized spacial score (nSPS) is 11.3. The van der Waals surface area contributed by atoms with Gasteiger partial charge >= 0.3 is 5.97 Å². The van der Waals surface area contributed by atoms with Crippen molar-refractivity contribution in [1.29, 1.82) is 0 Å². The molecular weight excluding hydrogens is 394 g/mol. The molecule has 0 bridgehead atoms. The highest BCUT2D eigenvalue weighted by Gasteiger charge is 2.16. The minimum atomic E-state index is -3.35. The quantitative estimate of drug-likeness (QED) is 0.618. The average molecular weight is 409 g/mol. The number of thiophene rings is 1. The first-order valence-electron chi connectivity index (χ1n) is 7.57. The third-order valence-electron chi connectivity index (χ3n) is 3.43. The minimum absolute atomic E-state index is 0.0903. The number of nitrogens with zero attached hydrogens (tertiary/aromatic N) is 2. The maximum atomic E-state index is 12.2. The molecule has 0 spiro atoms. The zero-order valence-electron chi connectivity index (χ0n) is 14.3. The van der Waals surface area contributed by atoms with Gasteiger partial charge in [0.05, 0.1) is 30.4 Å². The number of aromatic nitrogens is 2. The molecule has 0 aromatic carbocycles. The van der Waals surface area contributed by atoms with Gasteiger partial charge in [-0.1, -0.05) is 0 Å². The number of sulfone groups is 1. The maximum absolute atomic E-state index is 12.2. The van der Waals surface area contributed by atoms with E-state index in [1.807, 2.05) is 0 Å². The maximum Gasteiger partial charge on any atom is 0.373 e. The molecule has 3 rings (SSSR count). The molecule has 3 aromatic rings. The number of hydrogen-bond acceptors (Lipinski definition) is 8. The highest BCUT2D eigenvalue weighted by Crippen LogP contribution is 2.22. The number of esters is 1. The van der Waals surface area contributed by atoms with Crippen molar-refractivity contribution in [3.05, 3.63) is 53.1 Å². The topological polar surface area (TPSA) is 120 Å². The summed E-state index contributed by atoms with van der Waals surface area (Å²) in [5.41, 5.74) is 0.439. The molecule has 0 saturated carbocycles. The fourth-order valence-electron chi connectivity index (χ4n) is 2.18. The van der Waals surface area contributed by atoms with Crippen LogP contribution in [0.25, 0.3) is 0 Å². The Morgan fingerprint density at radius 1 is 1.30 bits per heavy atom. The lowest BCUT2D eigenvalue weighted by atomic mass is 10.4. The Morgan fingerprint density at radius 3 is 2.74 bits per heavy atom. The standard InChI is InChI=1S/C16H15N3O6S2/c1-24-16(21)12-4-3-11(25-12)9-19-8-10(7-17-19)18-15(20)13-5-6-14(26-13)27(2,22)23/h3-8H,9H2,1-2H3,(H,18,20). The van der Waals surface area contributed by atoms with Crippen LogP contribution in [-0.2, 0) is 21.1 Å². The van der Waals surface area contributed by atoms with Crippen LogP contribution in [0.5, 0.6) is 0 Å². The number of methoxy groups -OCH3 is 1. The summed E-state index contributed by atoms with van der Waals surface area (Å²) in [6.45, 7) is 0.254. The molecule has 0 unspecified atom stereocenters. The van der Waals surface area contributed by atoms with Gasteiger partial charge in [-0.25, -0.2) is 13.2 Å². The van der Waals surface area contributed by atoms with Gasteiger partial charge in [0.25, 0.3) is 5.91 Å². The zero-order chi connectivity index (χ0) is 19.6. The second-order valence-corrected chi connectivity index (χ2v) is 8.86. The van der Waals surface area contributed by atoms with Crippen molar-refractivity contribution in [2.24, 2.45) is 0 Å². The molecule has 27 heavy (non-hydrogen) atoms. The Kier molecular flexibility index (Phi) is 5.15. The van der Waals surface area contributed by atoms with E-state index in [0.29, 0.717) is 11.4 Å². The molecule has 1 amide bonds. The van der Waals surface area contributed by atoms with Crippen LogP contribution in [0.1, 0.15) is 26.0 Å². The molecule has 0 aliphatic rings. The number of carbonyl (C=O) groups excluding carboxylic acids is 2. The molecular formula is C16H15N3O6S2. The van der Waals surface area contributed by atoms with E-state index in [4.69, 9.17) is 4.42 Å². The fourth-order valence-corrected chi connectivity index (χ4v) is 4.00. The highest BCUT2D eigenvalue weighted by molar-refractivity contribution is 7.92. The Morgan fingerprint density at radius 2 is 2.07 bits per heavy atom. The lowest BCUT2D eigenvalue weighted by Crippen LogP contribution is -2.09. The number of ether oxygens (including phenoxy) is 1. The molecule has 9 nitrogen and oxygen atoms in total. The van der Waals surface area contributed by atoms with E-state index >= 15 is 0 Å². The van der Waals surface area contributed by atoms with Crippen molar-refractivity contribution in [2.45, 2.75) is 10.8 Å². The Bertz CT molecular complexity index is 1090. The van der Waals surface area contributed by atoms with Crippen molar-refractivity contribution in [3.63, 3.8) is 0 Å². The third-order valence-corrected chi connectivity index (χ3v) is 6.33. The number of anilines is 1. The predicted molar refractivity (Wildman–Crippen MR) is 96.8 cm³/mol. The van der Waals surface area contributed by atoms with E-state index < -0.39 is 21.7 Å². The van der Waals surface area contributed by atoms with Crippen LogP contribution in [0.3, 0.4) is 0 Å². The summed E-state index contributed by atoms with van der Waals surface area (Å²) >= 11 is 0.898. The minimum Gasteiger partial charge on any atom is -0.463 e. The van der Waals surface area contributed by atoms with Gasteiger partial charge in [0, 0.05) is 12.5 Å². The van der Waals surface area contributed by atoms with Crippen molar-refractivity contribution >= 4 is 38.7 Å². The summed E-state index contributed by atoms with van der Waals surface area (Å²) in [5.74, 6) is -0.417. The smallest absolute Gasteiger partial charge is 0.373 e. The highest BCUT2D eigenvalue weighted by atomic mass is 32.2. The predicted octanol–water partition coefficient (Wildman–Crippen LogP) is 2.03. The second kappa shape index (κ2) is 7.37. The van der Waals surface area contributed by atoms with E-state index in [1.54, 1.807) is 12.3 Å². The molecule has 0 aliphatic heterocycles. The van der Waals surface area contributed by atoms with Gasteiger partial charge in [-0.05, 0) is 24.3 Å². The number of furan rings is 1. The van der Waals surface area contributed by atoms with Crippen molar-refractivity contribution < 1.29 is 27.2 Å². The summed E-state index contributed by atoms with van der Waals surface area (Å²) in [6.07, 6.45) is 4.13. The van der Waals surface area contributed by atoms with Gasteiger partial charge in [-0.2, -0.15) is 5.10 Å². The molecule has 142 valence electrons. The molecule has 0 saturated heterocycles. The van der Waals surface area contributed by atoms with E-state index in [2.05, 4.69) is 15.2 Å². The lowest BCUT2D eigenvalue weighted by molar-refractivity contribution is 0.0562. The first-order chi connectivity index (χ1) is 12.8. The monoisotopic (exact) mass is 409 g/mol. The van der Waals surface area contributed by atoms with Gasteiger partial charge in [0.2, 0.25) is 5.76 Å². The van der Waals surface area contributed by atoms with Gasteiger partial charge in [0.1, 0.15) is 9.97 Å². The Balaban J connectivity index is 1.65. The molecule has 0 aliphatic carbocycles. The molecule has 3 heterocycles. The van der Waals surface area contributed by atoms with Crippen molar-refractivity contribution in [3.8, 4) is 0 Å². The summed E-state index contributed by atoms with van der Waals surface area (Å²) in [7, 11) is -2.08. The van der Waals surface area contributed by atoms with Gasteiger partial charge in [-0.3, -0.25) is 9.48 Å². The molecule has 0 fully saturated rings. The van der Waals surface area contributed by atoms with Crippen LogP contribution in [0.15, 0.2) is 45.3 Å². The van der Waals surface area contributed by atoms with Crippen LogP contribution in [-0.4, -0.2) is 43.4 Å². The number of carbonyl (C=O) groups is 2. The van der Waals surface area contributed by atoms with E-state index in [-0.39, 0.29) is 21.4 Å². The molecule has 3 aromatic heterocycles.